The molecule has 1 fully saturated rings. The van der Waals surface area contributed by atoms with Gasteiger partial charge in [-0.1, -0.05) is 84.9 Å². The van der Waals surface area contributed by atoms with Crippen LogP contribution < -0.4 is 10.6 Å². The highest BCUT2D eigenvalue weighted by molar-refractivity contribution is 7.76. The normalized spacial score (nSPS) is 16.2. The summed E-state index contributed by atoms with van der Waals surface area (Å²) in [5.74, 6) is 0. The molecule has 1 aliphatic rings. The Morgan fingerprint density at radius 2 is 1.12 bits per heavy atom. The molecule has 0 N–H and O–H groups in total. The summed E-state index contributed by atoms with van der Waals surface area (Å²) < 4.78 is 0. The summed E-state index contributed by atoms with van der Waals surface area (Å²) in [6.45, 7) is 0. The Balaban J connectivity index is 1.84. The van der Waals surface area contributed by atoms with E-state index in [-0.39, 0.29) is 0 Å². The number of benzene rings is 3. The molecule has 0 heterocycles. The second-order valence-electron chi connectivity index (χ2n) is 5.70. The first-order chi connectivity index (χ1) is 11.9. The lowest BCUT2D eigenvalue weighted by Gasteiger charge is -2.26. The summed E-state index contributed by atoms with van der Waals surface area (Å²) >= 11 is 0. The zero-order valence-electron chi connectivity index (χ0n) is 13.3. The number of hydrogen-bond donors (Lipinski definition) is 0. The van der Waals surface area contributed by atoms with Crippen molar-refractivity contribution < 1.29 is 0 Å². The summed E-state index contributed by atoms with van der Waals surface area (Å²) in [5, 5.41) is 2.80. The van der Waals surface area contributed by atoms with Crippen LogP contribution in [0.2, 0.25) is 0 Å². The van der Waals surface area contributed by atoms with Gasteiger partial charge in [0.25, 0.3) is 0 Å². The van der Waals surface area contributed by atoms with Crippen molar-refractivity contribution >= 4 is 18.5 Å². The van der Waals surface area contributed by atoms with E-state index in [1.54, 1.807) is 0 Å². The molecule has 1 heteroatoms. The number of rotatable bonds is 4. The Hall–Kier alpha value is -1.91. The Kier molecular flexibility index (Phi) is 4.76. The highest BCUT2D eigenvalue weighted by Crippen LogP contribution is 2.53. The first-order valence-electron chi connectivity index (χ1n) is 8.15. The molecule has 0 saturated heterocycles. The highest BCUT2D eigenvalue weighted by Gasteiger charge is 2.30. The number of hydrogen-bond acceptors (Lipinski definition) is 0. The van der Waals surface area contributed by atoms with E-state index < -0.39 is 7.92 Å². The van der Waals surface area contributed by atoms with Gasteiger partial charge in [0.05, 0.1) is 0 Å². The predicted octanol–water partition coefficient (Wildman–Crippen LogP) is 5.15. The lowest BCUT2D eigenvalue weighted by atomic mass is 10.1. The monoisotopic (exact) mass is 325 g/mol. The molecule has 115 valence electrons. The molecule has 0 amide bonds. The fourth-order valence-corrected chi connectivity index (χ4v) is 5.52. The molecular formula is C23H18P. The average molecular weight is 325 g/mol. The van der Waals surface area contributed by atoms with E-state index in [4.69, 9.17) is 0 Å². The Morgan fingerprint density at radius 3 is 1.83 bits per heavy atom. The SMILES string of the molecule is [CH]1[CH][CH][C]([P@](c2ccccc2)c2ccccc2-c2ccccc2)[CH]1. The van der Waals surface area contributed by atoms with Crippen LogP contribution in [0.5, 0.6) is 0 Å². The van der Waals surface area contributed by atoms with E-state index in [2.05, 4.69) is 111 Å². The summed E-state index contributed by atoms with van der Waals surface area (Å²) in [6.07, 6.45) is 8.78. The van der Waals surface area contributed by atoms with Crippen LogP contribution in [0.4, 0.5) is 0 Å². The maximum Gasteiger partial charge on any atom is 0.0161 e. The van der Waals surface area contributed by atoms with E-state index in [0.717, 1.165) is 0 Å². The Labute approximate surface area is 146 Å². The van der Waals surface area contributed by atoms with Gasteiger partial charge in [-0.25, -0.2) is 0 Å². The smallest absolute Gasteiger partial charge is 0.0161 e. The van der Waals surface area contributed by atoms with Crippen LogP contribution >= 0.6 is 7.92 Å². The quantitative estimate of drug-likeness (QED) is 0.582. The molecule has 5 radical (unpaired) electrons. The lowest BCUT2D eigenvalue weighted by Crippen LogP contribution is -2.18. The summed E-state index contributed by atoms with van der Waals surface area (Å²) in [7, 11) is -0.553. The van der Waals surface area contributed by atoms with Crippen molar-refractivity contribution in [1.29, 1.82) is 0 Å². The highest BCUT2D eigenvalue weighted by atomic mass is 31.1. The summed E-state index contributed by atoms with van der Waals surface area (Å²) in [5.41, 5.74) is 4.01. The molecule has 0 aromatic heterocycles. The van der Waals surface area contributed by atoms with Crippen molar-refractivity contribution in [3.8, 4) is 11.1 Å². The van der Waals surface area contributed by atoms with E-state index in [1.165, 1.54) is 27.4 Å². The fourth-order valence-electron chi connectivity index (χ4n) is 3.05. The van der Waals surface area contributed by atoms with Crippen molar-refractivity contribution in [2.45, 2.75) is 0 Å². The first kappa shape index (κ1) is 15.6. The van der Waals surface area contributed by atoms with Gasteiger partial charge in [-0.2, -0.15) is 0 Å². The Bertz CT molecular complexity index is 773. The second kappa shape index (κ2) is 7.32. The summed E-state index contributed by atoms with van der Waals surface area (Å²) in [4.78, 5) is 0. The van der Waals surface area contributed by atoms with Gasteiger partial charge in [0, 0.05) is 5.66 Å². The average Bonchev–Trinajstić information content (AvgIpc) is 3.18. The largest absolute Gasteiger partial charge is 0.0622 e. The molecule has 1 atom stereocenters. The zero-order chi connectivity index (χ0) is 16.2. The van der Waals surface area contributed by atoms with Crippen LogP contribution in [0, 0.1) is 31.3 Å². The van der Waals surface area contributed by atoms with Gasteiger partial charge in [-0.05, 0) is 55.3 Å². The fraction of sp³-hybridized carbons (Fsp3) is 0. The lowest BCUT2D eigenvalue weighted by molar-refractivity contribution is 1.52. The molecule has 1 saturated carbocycles. The van der Waals surface area contributed by atoms with Crippen LogP contribution in [0.25, 0.3) is 11.1 Å². The maximum absolute atomic E-state index is 2.29. The van der Waals surface area contributed by atoms with Crippen LogP contribution in [0.15, 0.2) is 84.9 Å². The molecule has 4 rings (SSSR count). The van der Waals surface area contributed by atoms with Gasteiger partial charge < -0.3 is 0 Å². The van der Waals surface area contributed by atoms with Gasteiger partial charge in [0.1, 0.15) is 0 Å². The van der Waals surface area contributed by atoms with Gasteiger partial charge in [0.2, 0.25) is 0 Å². The van der Waals surface area contributed by atoms with E-state index in [1.807, 2.05) is 0 Å². The van der Waals surface area contributed by atoms with E-state index >= 15 is 0 Å². The standard InChI is InChI=1S/C23H18P/c1-3-11-19(12-4-1)22-17-9-10-18-23(22)24(21-15-7-8-16-21)20-13-5-2-6-14-20/h1-18H/t24-/m0/s1. The van der Waals surface area contributed by atoms with Crippen molar-refractivity contribution in [2.24, 2.45) is 0 Å². The maximum atomic E-state index is 2.29. The minimum Gasteiger partial charge on any atom is -0.0622 e. The van der Waals surface area contributed by atoms with E-state index in [9.17, 15) is 0 Å². The topological polar surface area (TPSA) is 0 Å². The molecular weight excluding hydrogens is 307 g/mol. The molecule has 3 aromatic carbocycles. The first-order valence-corrected chi connectivity index (χ1v) is 9.49. The minimum atomic E-state index is -0.553. The molecule has 0 nitrogen and oxygen atoms in total. The Morgan fingerprint density at radius 1 is 0.542 bits per heavy atom. The predicted molar refractivity (Wildman–Crippen MR) is 105 cm³/mol. The third kappa shape index (κ3) is 3.17. The van der Waals surface area contributed by atoms with Crippen molar-refractivity contribution in [3.63, 3.8) is 0 Å². The third-order valence-electron chi connectivity index (χ3n) is 4.15. The van der Waals surface area contributed by atoms with Gasteiger partial charge in [-0.15, -0.1) is 0 Å². The van der Waals surface area contributed by atoms with Crippen molar-refractivity contribution in [3.05, 3.63) is 116 Å². The van der Waals surface area contributed by atoms with Crippen LogP contribution in [-0.4, -0.2) is 0 Å². The van der Waals surface area contributed by atoms with Crippen molar-refractivity contribution in [1.82, 2.24) is 0 Å². The zero-order valence-corrected chi connectivity index (χ0v) is 14.2. The third-order valence-corrected chi connectivity index (χ3v) is 6.65. The molecule has 0 bridgehead atoms. The van der Waals surface area contributed by atoms with E-state index in [0.29, 0.717) is 0 Å². The van der Waals surface area contributed by atoms with Crippen LogP contribution in [-0.2, 0) is 0 Å². The summed E-state index contributed by atoms with van der Waals surface area (Å²) in [6, 6.07) is 30.4. The van der Waals surface area contributed by atoms with Gasteiger partial charge >= 0.3 is 0 Å². The molecule has 0 aliphatic heterocycles. The molecule has 3 aromatic rings. The minimum absolute atomic E-state index is 0.553. The van der Waals surface area contributed by atoms with Crippen LogP contribution in [0.3, 0.4) is 0 Å². The van der Waals surface area contributed by atoms with Crippen molar-refractivity contribution in [2.75, 3.05) is 0 Å². The molecule has 1 aliphatic carbocycles. The van der Waals surface area contributed by atoms with Gasteiger partial charge in [-0.3, -0.25) is 0 Å². The second-order valence-corrected chi connectivity index (χ2v) is 7.88. The molecule has 24 heavy (non-hydrogen) atoms. The molecule has 0 spiro atoms. The van der Waals surface area contributed by atoms with Gasteiger partial charge in [0.15, 0.2) is 0 Å². The molecule has 0 unspecified atom stereocenters. The van der Waals surface area contributed by atoms with Crippen LogP contribution in [0.1, 0.15) is 0 Å².